The van der Waals surface area contributed by atoms with Crippen LogP contribution in [0.2, 0.25) is 0 Å². The van der Waals surface area contributed by atoms with E-state index in [0.717, 1.165) is 18.7 Å². The normalized spacial score (nSPS) is 11.8. The number of rotatable bonds is 6. The largest absolute Gasteiger partial charge is 0.392 e. The maximum absolute atomic E-state index is 8.92. The van der Waals surface area contributed by atoms with Crippen LogP contribution in [0.5, 0.6) is 0 Å². The number of thioether (sulfide) groups is 1. The third-order valence-electron chi connectivity index (χ3n) is 2.64. The Labute approximate surface area is 102 Å². The summed E-state index contributed by atoms with van der Waals surface area (Å²) in [4.78, 5) is 0. The summed E-state index contributed by atoms with van der Waals surface area (Å²) in [5.41, 5.74) is 2.22. The van der Waals surface area contributed by atoms with Gasteiger partial charge in [0, 0.05) is 17.8 Å². The molecule has 0 atom stereocenters. The van der Waals surface area contributed by atoms with Crippen LogP contribution in [0.1, 0.15) is 25.0 Å². The van der Waals surface area contributed by atoms with Gasteiger partial charge in [-0.1, -0.05) is 24.3 Å². The topological polar surface area (TPSA) is 32.3 Å². The summed E-state index contributed by atoms with van der Waals surface area (Å²) >= 11 is 1.87. The van der Waals surface area contributed by atoms with Crippen molar-refractivity contribution in [3.8, 4) is 0 Å². The molecule has 0 radical (unpaired) electrons. The van der Waals surface area contributed by atoms with Gasteiger partial charge < -0.3 is 10.4 Å². The molecule has 0 unspecified atom stereocenters. The molecule has 0 saturated heterocycles. The molecule has 0 saturated carbocycles. The number of benzene rings is 1. The molecule has 0 heterocycles. The molecule has 1 aromatic rings. The lowest BCUT2D eigenvalue weighted by molar-refractivity contribution is 0.282. The predicted octanol–water partition coefficient (Wildman–Crippen LogP) is 2.41. The summed E-state index contributed by atoms with van der Waals surface area (Å²) in [6, 6.07) is 8.06. The summed E-state index contributed by atoms with van der Waals surface area (Å²) in [7, 11) is 0. The minimum atomic E-state index is 0.118. The standard InChI is InChI=1S/C13H21NOS/c1-13(2,16-3)10-14-8-11-4-6-12(9-15)7-5-11/h4-7,14-15H,8-10H2,1-3H3. The van der Waals surface area contributed by atoms with Gasteiger partial charge in [0.15, 0.2) is 0 Å². The summed E-state index contributed by atoms with van der Waals surface area (Å²) in [6.45, 7) is 6.47. The van der Waals surface area contributed by atoms with Crippen molar-refractivity contribution in [1.82, 2.24) is 5.32 Å². The summed E-state index contributed by atoms with van der Waals surface area (Å²) in [6.07, 6.45) is 2.14. The molecule has 0 aromatic heterocycles. The number of hydrogen-bond acceptors (Lipinski definition) is 3. The first-order chi connectivity index (χ1) is 7.57. The molecule has 16 heavy (non-hydrogen) atoms. The Hall–Kier alpha value is -0.510. The van der Waals surface area contributed by atoms with Crippen molar-refractivity contribution in [2.24, 2.45) is 0 Å². The molecule has 3 heteroatoms. The average molecular weight is 239 g/mol. The van der Waals surface area contributed by atoms with Crippen LogP contribution in [0.15, 0.2) is 24.3 Å². The van der Waals surface area contributed by atoms with Gasteiger partial charge in [0.2, 0.25) is 0 Å². The maximum atomic E-state index is 8.92. The second-order valence-electron chi connectivity index (χ2n) is 4.54. The summed E-state index contributed by atoms with van der Waals surface area (Å²) in [5, 5.41) is 12.4. The fraction of sp³-hybridized carbons (Fsp3) is 0.538. The van der Waals surface area contributed by atoms with E-state index in [1.807, 2.05) is 23.9 Å². The van der Waals surface area contributed by atoms with E-state index < -0.39 is 0 Å². The predicted molar refractivity (Wildman–Crippen MR) is 71.7 cm³/mol. The lowest BCUT2D eigenvalue weighted by atomic mass is 10.1. The van der Waals surface area contributed by atoms with Crippen LogP contribution >= 0.6 is 11.8 Å². The van der Waals surface area contributed by atoms with Gasteiger partial charge in [-0.2, -0.15) is 11.8 Å². The highest BCUT2D eigenvalue weighted by molar-refractivity contribution is 7.99. The highest BCUT2D eigenvalue weighted by atomic mass is 32.2. The van der Waals surface area contributed by atoms with Gasteiger partial charge >= 0.3 is 0 Å². The van der Waals surface area contributed by atoms with Crippen LogP contribution < -0.4 is 5.32 Å². The lowest BCUT2D eigenvalue weighted by Gasteiger charge is -2.22. The second-order valence-corrected chi connectivity index (χ2v) is 6.06. The zero-order chi connectivity index (χ0) is 12.0. The van der Waals surface area contributed by atoms with Crippen molar-refractivity contribution in [3.05, 3.63) is 35.4 Å². The molecule has 0 amide bonds. The number of aliphatic hydroxyl groups excluding tert-OH is 1. The Bertz CT molecular complexity index is 308. The first-order valence-electron chi connectivity index (χ1n) is 5.52. The zero-order valence-corrected chi connectivity index (χ0v) is 11.1. The molecule has 0 aliphatic rings. The van der Waals surface area contributed by atoms with Crippen molar-refractivity contribution in [3.63, 3.8) is 0 Å². The number of hydrogen-bond donors (Lipinski definition) is 2. The minimum Gasteiger partial charge on any atom is -0.392 e. The van der Waals surface area contributed by atoms with Crippen molar-refractivity contribution in [2.45, 2.75) is 31.7 Å². The Morgan fingerprint density at radius 1 is 1.19 bits per heavy atom. The van der Waals surface area contributed by atoms with Crippen LogP contribution in [-0.2, 0) is 13.2 Å². The molecule has 0 bridgehead atoms. The molecule has 1 rings (SSSR count). The minimum absolute atomic E-state index is 0.118. The Balaban J connectivity index is 2.37. The Morgan fingerprint density at radius 2 is 1.75 bits per heavy atom. The number of nitrogens with one attached hydrogen (secondary N) is 1. The number of aliphatic hydroxyl groups is 1. The molecule has 0 spiro atoms. The fourth-order valence-corrected chi connectivity index (χ4v) is 1.59. The van der Waals surface area contributed by atoms with E-state index >= 15 is 0 Å². The van der Waals surface area contributed by atoms with Gasteiger partial charge in [-0.15, -0.1) is 0 Å². The van der Waals surface area contributed by atoms with E-state index in [1.165, 1.54) is 5.56 Å². The van der Waals surface area contributed by atoms with Crippen molar-refractivity contribution < 1.29 is 5.11 Å². The highest BCUT2D eigenvalue weighted by Gasteiger charge is 2.14. The quantitative estimate of drug-likeness (QED) is 0.799. The van der Waals surface area contributed by atoms with Gasteiger partial charge in [-0.3, -0.25) is 0 Å². The molecular formula is C13H21NOS. The average Bonchev–Trinajstić information content (AvgIpc) is 2.30. The van der Waals surface area contributed by atoms with E-state index in [1.54, 1.807) is 0 Å². The van der Waals surface area contributed by atoms with E-state index in [2.05, 4.69) is 37.6 Å². The third-order valence-corrected chi connectivity index (χ3v) is 3.89. The van der Waals surface area contributed by atoms with Crippen LogP contribution in [0.4, 0.5) is 0 Å². The van der Waals surface area contributed by atoms with E-state index in [0.29, 0.717) is 0 Å². The lowest BCUT2D eigenvalue weighted by Crippen LogP contribution is -2.31. The van der Waals surface area contributed by atoms with Gasteiger partial charge in [0.1, 0.15) is 0 Å². The molecule has 0 aliphatic heterocycles. The second kappa shape index (κ2) is 6.28. The van der Waals surface area contributed by atoms with Gasteiger partial charge in [-0.05, 0) is 31.2 Å². The molecular weight excluding hydrogens is 218 g/mol. The SMILES string of the molecule is CSC(C)(C)CNCc1ccc(CO)cc1. The van der Waals surface area contributed by atoms with Crippen molar-refractivity contribution in [2.75, 3.05) is 12.8 Å². The maximum Gasteiger partial charge on any atom is 0.0681 e. The molecule has 0 aliphatic carbocycles. The van der Waals surface area contributed by atoms with Crippen LogP contribution in [0, 0.1) is 0 Å². The van der Waals surface area contributed by atoms with Gasteiger partial charge in [0.25, 0.3) is 0 Å². The van der Waals surface area contributed by atoms with E-state index in [-0.39, 0.29) is 11.4 Å². The molecule has 2 nitrogen and oxygen atoms in total. The summed E-state index contributed by atoms with van der Waals surface area (Å²) in [5.74, 6) is 0. The van der Waals surface area contributed by atoms with Gasteiger partial charge in [0.05, 0.1) is 6.61 Å². The Kier molecular flexibility index (Phi) is 5.32. The molecule has 0 fully saturated rings. The zero-order valence-electron chi connectivity index (χ0n) is 10.3. The summed E-state index contributed by atoms with van der Waals surface area (Å²) < 4.78 is 0.283. The molecule has 2 N–H and O–H groups in total. The fourth-order valence-electron chi connectivity index (χ4n) is 1.34. The van der Waals surface area contributed by atoms with Crippen LogP contribution in [-0.4, -0.2) is 22.7 Å². The van der Waals surface area contributed by atoms with Crippen molar-refractivity contribution in [1.29, 1.82) is 0 Å². The van der Waals surface area contributed by atoms with Crippen LogP contribution in [0.25, 0.3) is 0 Å². The highest BCUT2D eigenvalue weighted by Crippen LogP contribution is 2.19. The molecule has 1 aromatic carbocycles. The first-order valence-corrected chi connectivity index (χ1v) is 6.74. The van der Waals surface area contributed by atoms with Crippen molar-refractivity contribution >= 4 is 11.8 Å². The smallest absolute Gasteiger partial charge is 0.0681 e. The van der Waals surface area contributed by atoms with E-state index in [9.17, 15) is 0 Å². The van der Waals surface area contributed by atoms with E-state index in [4.69, 9.17) is 5.11 Å². The van der Waals surface area contributed by atoms with Crippen LogP contribution in [0.3, 0.4) is 0 Å². The van der Waals surface area contributed by atoms with Gasteiger partial charge in [-0.25, -0.2) is 0 Å². The first kappa shape index (κ1) is 13.6. The third kappa shape index (κ3) is 4.56. The monoisotopic (exact) mass is 239 g/mol. The Morgan fingerprint density at radius 3 is 2.25 bits per heavy atom. The molecule has 90 valence electrons.